The number of aromatic amines is 1. The van der Waals surface area contributed by atoms with Crippen LogP contribution < -0.4 is 9.91 Å². The van der Waals surface area contributed by atoms with Crippen molar-refractivity contribution in [3.05, 3.63) is 95.1 Å². The monoisotopic (exact) mass is 428 g/mol. The van der Waals surface area contributed by atoms with Gasteiger partial charge in [-0.1, -0.05) is 41.9 Å². The van der Waals surface area contributed by atoms with Crippen LogP contribution in [0.15, 0.2) is 84.1 Å². The van der Waals surface area contributed by atoms with Crippen molar-refractivity contribution in [1.29, 1.82) is 0 Å². The zero-order valence-corrected chi connectivity index (χ0v) is 18.0. The second-order valence-electron chi connectivity index (χ2n) is 7.67. The van der Waals surface area contributed by atoms with Gasteiger partial charge in [0, 0.05) is 40.3 Å². The van der Waals surface area contributed by atoms with Gasteiger partial charge in [0.05, 0.1) is 5.69 Å². The Hall–Kier alpha value is -3.57. The fourth-order valence-electron chi connectivity index (χ4n) is 4.08. The first kappa shape index (κ1) is 19.4. The van der Waals surface area contributed by atoms with E-state index in [2.05, 4.69) is 17.1 Å². The summed E-state index contributed by atoms with van der Waals surface area (Å²) in [5.74, 6) is 0.304. The number of nitrogens with zero attached hydrogens (tertiary/aromatic N) is 3. The maximum Gasteiger partial charge on any atom is 0.198 e. The number of halogens is 1. The van der Waals surface area contributed by atoms with Gasteiger partial charge in [0.2, 0.25) is 0 Å². The molecule has 0 saturated heterocycles. The number of hydrogen-bond donors (Lipinski definition) is 1. The maximum atomic E-state index is 12.7. The molecule has 1 aromatic heterocycles. The Kier molecular flexibility index (Phi) is 4.75. The van der Waals surface area contributed by atoms with E-state index < -0.39 is 0 Å². The van der Waals surface area contributed by atoms with Crippen molar-refractivity contribution >= 4 is 45.5 Å². The summed E-state index contributed by atoms with van der Waals surface area (Å²) in [6.07, 6.45) is 1.66. The Bertz CT molecular complexity index is 1310. The summed E-state index contributed by atoms with van der Waals surface area (Å²) in [7, 11) is 0. The minimum absolute atomic E-state index is 0.0946. The number of H-pyrrole nitrogens is 1. The van der Waals surface area contributed by atoms with Gasteiger partial charge in [-0.25, -0.2) is 5.01 Å². The SMILES string of the molecule is CC(=O)C1=NN(c2ccc(Cl)cc2)C(c2c[nH]c3ccccc23)N1c1cccc(C)c1. The third-order valence-corrected chi connectivity index (χ3v) is 5.74. The van der Waals surface area contributed by atoms with E-state index in [1.54, 1.807) is 6.92 Å². The van der Waals surface area contributed by atoms with Crippen LogP contribution in [0.2, 0.25) is 5.02 Å². The molecule has 0 spiro atoms. The number of rotatable bonds is 4. The van der Waals surface area contributed by atoms with Crippen LogP contribution in [0, 0.1) is 6.92 Å². The zero-order valence-electron chi connectivity index (χ0n) is 17.2. The average Bonchev–Trinajstić information content (AvgIpc) is 3.36. The molecule has 1 aliphatic rings. The van der Waals surface area contributed by atoms with Crippen LogP contribution in [0.1, 0.15) is 24.2 Å². The van der Waals surface area contributed by atoms with Gasteiger partial charge in [-0.15, -0.1) is 5.10 Å². The molecule has 1 unspecified atom stereocenters. The van der Waals surface area contributed by atoms with E-state index in [4.69, 9.17) is 16.7 Å². The van der Waals surface area contributed by atoms with Crippen molar-refractivity contribution in [2.75, 3.05) is 9.91 Å². The van der Waals surface area contributed by atoms with Crippen molar-refractivity contribution < 1.29 is 4.79 Å². The Morgan fingerprint density at radius 1 is 1.00 bits per heavy atom. The number of hydrogen-bond acceptors (Lipinski definition) is 4. The molecule has 1 atom stereocenters. The zero-order chi connectivity index (χ0) is 21.5. The van der Waals surface area contributed by atoms with Crippen LogP contribution in [0.3, 0.4) is 0 Å². The lowest BCUT2D eigenvalue weighted by molar-refractivity contribution is -0.111. The number of hydrazone groups is 1. The number of fused-ring (bicyclic) bond motifs is 1. The number of aryl methyl sites for hydroxylation is 1. The van der Waals surface area contributed by atoms with E-state index >= 15 is 0 Å². The van der Waals surface area contributed by atoms with Gasteiger partial charge in [0.1, 0.15) is 0 Å². The lowest BCUT2D eigenvalue weighted by Gasteiger charge is -2.31. The van der Waals surface area contributed by atoms with Crippen LogP contribution in [-0.4, -0.2) is 16.6 Å². The molecule has 0 fully saturated rings. The predicted molar refractivity (Wildman–Crippen MR) is 127 cm³/mol. The van der Waals surface area contributed by atoms with E-state index in [0.29, 0.717) is 10.9 Å². The highest BCUT2D eigenvalue weighted by Crippen LogP contribution is 2.41. The molecule has 2 heterocycles. The highest BCUT2D eigenvalue weighted by atomic mass is 35.5. The molecule has 0 saturated carbocycles. The number of nitrogens with one attached hydrogen (secondary N) is 1. The van der Waals surface area contributed by atoms with E-state index in [-0.39, 0.29) is 11.9 Å². The summed E-state index contributed by atoms with van der Waals surface area (Å²) in [6, 6.07) is 23.8. The molecule has 154 valence electrons. The molecule has 5 nitrogen and oxygen atoms in total. The minimum atomic E-state index is -0.335. The quantitative estimate of drug-likeness (QED) is 0.430. The van der Waals surface area contributed by atoms with Gasteiger partial charge in [0.25, 0.3) is 0 Å². The van der Waals surface area contributed by atoms with Crippen LogP contribution >= 0.6 is 11.6 Å². The lowest BCUT2D eigenvalue weighted by Crippen LogP contribution is -2.37. The van der Waals surface area contributed by atoms with Gasteiger partial charge in [0.15, 0.2) is 17.8 Å². The summed E-state index contributed by atoms with van der Waals surface area (Å²) >= 11 is 6.13. The molecule has 0 amide bonds. The first-order valence-electron chi connectivity index (χ1n) is 10.1. The molecular weight excluding hydrogens is 408 g/mol. The van der Waals surface area contributed by atoms with Crippen LogP contribution in [-0.2, 0) is 4.79 Å². The Labute approximate surface area is 185 Å². The summed E-state index contributed by atoms with van der Waals surface area (Å²) < 4.78 is 0. The molecule has 1 aliphatic heterocycles. The predicted octanol–water partition coefficient (Wildman–Crippen LogP) is 6.06. The van der Waals surface area contributed by atoms with E-state index in [9.17, 15) is 4.79 Å². The van der Waals surface area contributed by atoms with Crippen molar-refractivity contribution in [1.82, 2.24) is 4.98 Å². The number of amidine groups is 1. The third kappa shape index (κ3) is 3.37. The number of ketones is 1. The molecule has 1 N–H and O–H groups in total. The normalized spacial score (nSPS) is 16.1. The maximum absolute atomic E-state index is 12.7. The van der Waals surface area contributed by atoms with Gasteiger partial charge in [-0.2, -0.15) is 0 Å². The topological polar surface area (TPSA) is 51.7 Å². The van der Waals surface area contributed by atoms with Gasteiger partial charge in [-0.05, 0) is 55.0 Å². The van der Waals surface area contributed by atoms with E-state index in [1.165, 1.54) is 0 Å². The molecule has 5 rings (SSSR count). The standard InChI is InChI=1S/C25H21ClN4O/c1-16-6-5-7-20(14-16)29-24(17(2)31)28-30(19-12-10-18(26)11-13-19)25(29)22-15-27-23-9-4-3-8-21(22)23/h3-15,25,27H,1-2H3. The number of benzene rings is 3. The number of aromatic nitrogens is 1. The molecule has 4 aromatic rings. The number of carbonyl (C=O) groups is 1. The largest absolute Gasteiger partial charge is 0.361 e. The minimum Gasteiger partial charge on any atom is -0.361 e. The summed E-state index contributed by atoms with van der Waals surface area (Å²) in [6.45, 7) is 3.60. The smallest absolute Gasteiger partial charge is 0.198 e. The van der Waals surface area contributed by atoms with Crippen LogP contribution in [0.25, 0.3) is 10.9 Å². The van der Waals surface area contributed by atoms with Crippen molar-refractivity contribution in [2.45, 2.75) is 20.0 Å². The summed E-state index contributed by atoms with van der Waals surface area (Å²) in [5.41, 5.74) is 4.96. The van der Waals surface area contributed by atoms with Crippen LogP contribution in [0.4, 0.5) is 11.4 Å². The lowest BCUT2D eigenvalue weighted by atomic mass is 10.1. The first-order valence-corrected chi connectivity index (χ1v) is 10.5. The number of Topliss-reactive ketones (excluding diaryl/α,β-unsaturated/α-hetero) is 1. The van der Waals surface area contributed by atoms with Crippen molar-refractivity contribution in [3.63, 3.8) is 0 Å². The van der Waals surface area contributed by atoms with Crippen molar-refractivity contribution in [3.8, 4) is 0 Å². The third-order valence-electron chi connectivity index (χ3n) is 5.49. The summed E-state index contributed by atoms with van der Waals surface area (Å²) in [4.78, 5) is 18.1. The Morgan fingerprint density at radius 2 is 1.77 bits per heavy atom. The highest BCUT2D eigenvalue weighted by Gasteiger charge is 2.40. The van der Waals surface area contributed by atoms with Gasteiger partial charge in [-0.3, -0.25) is 9.69 Å². The fourth-order valence-corrected chi connectivity index (χ4v) is 4.21. The number of carbonyl (C=O) groups excluding carboxylic acids is 1. The molecule has 0 radical (unpaired) electrons. The first-order chi connectivity index (χ1) is 15.0. The highest BCUT2D eigenvalue weighted by molar-refractivity contribution is 6.44. The second-order valence-corrected chi connectivity index (χ2v) is 8.11. The summed E-state index contributed by atoms with van der Waals surface area (Å²) in [5, 5.41) is 8.42. The van der Waals surface area contributed by atoms with Gasteiger partial charge >= 0.3 is 0 Å². The molecule has 31 heavy (non-hydrogen) atoms. The van der Waals surface area contributed by atoms with E-state index in [1.807, 2.05) is 83.7 Å². The van der Waals surface area contributed by atoms with Crippen molar-refractivity contribution in [2.24, 2.45) is 5.10 Å². The van der Waals surface area contributed by atoms with Crippen LogP contribution in [0.5, 0.6) is 0 Å². The average molecular weight is 429 g/mol. The van der Waals surface area contributed by atoms with Gasteiger partial charge < -0.3 is 4.98 Å². The number of para-hydroxylation sites is 1. The number of anilines is 2. The fraction of sp³-hybridized carbons (Fsp3) is 0.120. The molecule has 0 aliphatic carbocycles. The Morgan fingerprint density at radius 3 is 2.52 bits per heavy atom. The molecule has 6 heteroatoms. The molecule has 3 aromatic carbocycles. The van der Waals surface area contributed by atoms with E-state index in [0.717, 1.165) is 33.4 Å². The molecular formula is C25H21ClN4O. The Balaban J connectivity index is 1.75. The second kappa shape index (κ2) is 7.60. The molecule has 0 bridgehead atoms.